The summed E-state index contributed by atoms with van der Waals surface area (Å²) in [6.07, 6.45) is 0. The van der Waals surface area contributed by atoms with Gasteiger partial charge >= 0.3 is 5.97 Å². The van der Waals surface area contributed by atoms with E-state index in [0.29, 0.717) is 0 Å². The normalized spacial score (nSPS) is 12.0. The molecule has 1 atom stereocenters. The molecule has 0 aliphatic rings. The fourth-order valence-electron chi connectivity index (χ4n) is 1.34. The predicted molar refractivity (Wildman–Crippen MR) is 71.9 cm³/mol. The molecule has 1 aromatic rings. The van der Waals surface area contributed by atoms with Crippen LogP contribution in [0.1, 0.15) is 10.4 Å². The van der Waals surface area contributed by atoms with Crippen LogP contribution in [-0.2, 0) is 9.53 Å². The van der Waals surface area contributed by atoms with E-state index in [2.05, 4.69) is 5.32 Å². The van der Waals surface area contributed by atoms with Gasteiger partial charge in [-0.3, -0.25) is 4.79 Å². The first-order valence-corrected chi connectivity index (χ1v) is 5.90. The van der Waals surface area contributed by atoms with Gasteiger partial charge in [-0.15, -0.1) is 0 Å². The van der Waals surface area contributed by atoms with Crippen molar-refractivity contribution in [2.24, 2.45) is 5.73 Å². The SMILES string of the molecule is COCC(N)C(=O)Nc1c(Cl)cc(Cl)cc1C(=O)O. The average molecular weight is 307 g/mol. The number of aromatic carboxylic acids is 1. The minimum atomic E-state index is -1.26. The molecule has 1 rings (SSSR count). The number of methoxy groups -OCH3 is 1. The fourth-order valence-corrected chi connectivity index (χ4v) is 1.88. The second-order valence-corrected chi connectivity index (χ2v) is 4.51. The number of ether oxygens (including phenoxy) is 1. The van der Waals surface area contributed by atoms with Crippen LogP contribution >= 0.6 is 23.2 Å². The van der Waals surface area contributed by atoms with Gasteiger partial charge in [-0.2, -0.15) is 0 Å². The zero-order valence-corrected chi connectivity index (χ0v) is 11.5. The van der Waals surface area contributed by atoms with Crippen molar-refractivity contribution in [3.63, 3.8) is 0 Å². The maximum Gasteiger partial charge on any atom is 0.337 e. The Kier molecular flexibility index (Phi) is 5.56. The molecule has 0 heterocycles. The Labute approximate surface area is 119 Å². The standard InChI is InChI=1S/C11H12Cl2N2O4/c1-19-4-8(14)10(16)15-9-6(11(17)18)2-5(12)3-7(9)13/h2-3,8H,4,14H2,1H3,(H,15,16)(H,17,18). The molecular weight excluding hydrogens is 295 g/mol. The molecule has 0 aliphatic carbocycles. The minimum Gasteiger partial charge on any atom is -0.478 e. The van der Waals surface area contributed by atoms with Gasteiger partial charge in [0.1, 0.15) is 6.04 Å². The summed E-state index contributed by atoms with van der Waals surface area (Å²) in [5.41, 5.74) is 5.27. The monoisotopic (exact) mass is 306 g/mol. The van der Waals surface area contributed by atoms with Crippen molar-refractivity contribution in [3.8, 4) is 0 Å². The number of benzene rings is 1. The predicted octanol–water partition coefficient (Wildman–Crippen LogP) is 1.60. The van der Waals surface area contributed by atoms with Crippen LogP contribution in [0.5, 0.6) is 0 Å². The van der Waals surface area contributed by atoms with E-state index in [1.165, 1.54) is 19.2 Å². The highest BCUT2D eigenvalue weighted by Crippen LogP contribution is 2.30. The lowest BCUT2D eigenvalue weighted by Crippen LogP contribution is -2.39. The van der Waals surface area contributed by atoms with Gasteiger partial charge in [0.2, 0.25) is 5.91 Å². The van der Waals surface area contributed by atoms with Gasteiger partial charge in [-0.1, -0.05) is 23.2 Å². The van der Waals surface area contributed by atoms with Crippen molar-refractivity contribution in [1.29, 1.82) is 0 Å². The third-order valence-electron chi connectivity index (χ3n) is 2.22. The van der Waals surface area contributed by atoms with E-state index in [-0.39, 0.29) is 27.9 Å². The number of nitrogens with two attached hydrogens (primary N) is 1. The Balaban J connectivity index is 3.06. The second kappa shape index (κ2) is 6.72. The van der Waals surface area contributed by atoms with Crippen LogP contribution < -0.4 is 11.1 Å². The van der Waals surface area contributed by atoms with Crippen LogP contribution in [0.3, 0.4) is 0 Å². The van der Waals surface area contributed by atoms with E-state index in [0.717, 1.165) is 0 Å². The molecule has 0 bridgehead atoms. The molecule has 0 saturated carbocycles. The van der Waals surface area contributed by atoms with Gasteiger partial charge in [-0.25, -0.2) is 4.79 Å². The molecule has 1 aromatic carbocycles. The van der Waals surface area contributed by atoms with Crippen molar-refractivity contribution in [2.75, 3.05) is 19.0 Å². The molecule has 0 fully saturated rings. The van der Waals surface area contributed by atoms with E-state index in [9.17, 15) is 9.59 Å². The fraction of sp³-hybridized carbons (Fsp3) is 0.273. The van der Waals surface area contributed by atoms with Gasteiger partial charge in [0.25, 0.3) is 0 Å². The second-order valence-electron chi connectivity index (χ2n) is 3.67. The topological polar surface area (TPSA) is 102 Å². The molecule has 8 heteroatoms. The molecule has 0 spiro atoms. The molecule has 0 radical (unpaired) electrons. The molecule has 0 aromatic heterocycles. The number of carboxylic acid groups (broad SMARTS) is 1. The van der Waals surface area contributed by atoms with Crippen molar-refractivity contribution >= 4 is 40.8 Å². The van der Waals surface area contributed by atoms with Crippen LogP contribution in [0.4, 0.5) is 5.69 Å². The first-order valence-electron chi connectivity index (χ1n) is 5.14. The number of anilines is 1. The highest BCUT2D eigenvalue weighted by atomic mass is 35.5. The van der Waals surface area contributed by atoms with Gasteiger partial charge in [0.05, 0.1) is 22.9 Å². The largest absolute Gasteiger partial charge is 0.478 e. The summed E-state index contributed by atoms with van der Waals surface area (Å²) in [6.45, 7) is -0.000549. The van der Waals surface area contributed by atoms with Gasteiger partial charge in [-0.05, 0) is 12.1 Å². The average Bonchev–Trinajstić information content (AvgIpc) is 2.32. The highest BCUT2D eigenvalue weighted by molar-refractivity contribution is 6.37. The quantitative estimate of drug-likeness (QED) is 0.767. The van der Waals surface area contributed by atoms with E-state index in [1.807, 2.05) is 0 Å². The number of carboxylic acids is 1. The highest BCUT2D eigenvalue weighted by Gasteiger charge is 2.20. The summed E-state index contributed by atoms with van der Waals surface area (Å²) in [7, 11) is 1.39. The summed E-state index contributed by atoms with van der Waals surface area (Å²) in [5, 5.41) is 11.6. The lowest BCUT2D eigenvalue weighted by atomic mass is 10.1. The minimum absolute atomic E-state index is 0.000549. The van der Waals surface area contributed by atoms with Crippen LogP contribution in [0.15, 0.2) is 12.1 Å². The van der Waals surface area contributed by atoms with Crippen molar-refractivity contribution < 1.29 is 19.4 Å². The summed E-state index contributed by atoms with van der Waals surface area (Å²) in [6, 6.07) is 1.58. The van der Waals surface area contributed by atoms with Crippen LogP contribution in [-0.4, -0.2) is 36.7 Å². The molecule has 4 N–H and O–H groups in total. The zero-order chi connectivity index (χ0) is 14.6. The van der Waals surface area contributed by atoms with E-state index < -0.39 is 17.9 Å². The Hall–Kier alpha value is -1.34. The third-order valence-corrected chi connectivity index (χ3v) is 2.73. The molecule has 0 saturated heterocycles. The van der Waals surface area contributed by atoms with Crippen molar-refractivity contribution in [2.45, 2.75) is 6.04 Å². The third kappa shape index (κ3) is 4.07. The zero-order valence-electron chi connectivity index (χ0n) is 9.94. The van der Waals surface area contributed by atoms with E-state index in [4.69, 9.17) is 38.8 Å². The molecule has 0 aliphatic heterocycles. The molecule has 1 amide bonds. The van der Waals surface area contributed by atoms with Gasteiger partial charge in [0, 0.05) is 12.1 Å². The van der Waals surface area contributed by atoms with Gasteiger partial charge < -0.3 is 20.9 Å². The maximum absolute atomic E-state index is 11.7. The first-order chi connectivity index (χ1) is 8.86. The number of halogens is 2. The number of nitrogens with one attached hydrogen (secondary N) is 1. The van der Waals surface area contributed by atoms with Crippen LogP contribution in [0.2, 0.25) is 10.0 Å². The number of carbonyl (C=O) groups excluding carboxylic acids is 1. The molecule has 19 heavy (non-hydrogen) atoms. The maximum atomic E-state index is 11.7. The molecule has 104 valence electrons. The Morgan fingerprint density at radius 1 is 1.47 bits per heavy atom. The smallest absolute Gasteiger partial charge is 0.337 e. The van der Waals surface area contributed by atoms with E-state index in [1.54, 1.807) is 0 Å². The molecule has 6 nitrogen and oxygen atoms in total. The first kappa shape index (κ1) is 15.7. The summed E-state index contributed by atoms with van der Waals surface area (Å²) in [4.78, 5) is 22.8. The van der Waals surface area contributed by atoms with Crippen LogP contribution in [0.25, 0.3) is 0 Å². The number of rotatable bonds is 5. The van der Waals surface area contributed by atoms with E-state index >= 15 is 0 Å². The summed E-state index contributed by atoms with van der Waals surface area (Å²) >= 11 is 11.6. The number of amides is 1. The summed E-state index contributed by atoms with van der Waals surface area (Å²) in [5.74, 6) is -1.87. The van der Waals surface area contributed by atoms with Crippen molar-refractivity contribution in [1.82, 2.24) is 0 Å². The molecular formula is C11H12Cl2N2O4. The van der Waals surface area contributed by atoms with Crippen LogP contribution in [0, 0.1) is 0 Å². The lowest BCUT2D eigenvalue weighted by molar-refractivity contribution is -0.118. The Morgan fingerprint density at radius 3 is 2.63 bits per heavy atom. The van der Waals surface area contributed by atoms with Crippen molar-refractivity contribution in [3.05, 3.63) is 27.7 Å². The number of hydrogen-bond donors (Lipinski definition) is 3. The summed E-state index contributed by atoms with van der Waals surface area (Å²) < 4.78 is 4.73. The molecule has 1 unspecified atom stereocenters. The lowest BCUT2D eigenvalue weighted by Gasteiger charge is -2.14. The number of carbonyl (C=O) groups is 2. The Morgan fingerprint density at radius 2 is 2.11 bits per heavy atom. The Bertz CT molecular complexity index is 508. The van der Waals surface area contributed by atoms with Gasteiger partial charge in [0.15, 0.2) is 0 Å². The number of hydrogen-bond acceptors (Lipinski definition) is 4.